The number of esters is 1. The number of nitrogens with zero attached hydrogens (tertiary/aromatic N) is 1. The molecule has 1 aliphatic heterocycles. The van der Waals surface area contributed by atoms with Crippen LogP contribution in [0.15, 0.2) is 35.2 Å². The van der Waals surface area contributed by atoms with Crippen LogP contribution < -0.4 is 14.9 Å². The molecule has 13 heteroatoms. The van der Waals surface area contributed by atoms with E-state index < -0.39 is 40.0 Å². The predicted molar refractivity (Wildman–Crippen MR) is 122 cm³/mol. The van der Waals surface area contributed by atoms with Crippen molar-refractivity contribution in [3.63, 3.8) is 0 Å². The van der Waals surface area contributed by atoms with Crippen molar-refractivity contribution in [3.8, 4) is 0 Å². The van der Waals surface area contributed by atoms with Gasteiger partial charge in [-0.2, -0.15) is 4.72 Å². The fraction of sp³-hybridized carbons (Fsp3) is 0.350. The molecule has 1 saturated heterocycles. The van der Waals surface area contributed by atoms with Crippen LogP contribution in [-0.4, -0.2) is 63.7 Å². The van der Waals surface area contributed by atoms with E-state index >= 15 is 0 Å². The van der Waals surface area contributed by atoms with Gasteiger partial charge in [0.25, 0.3) is 11.8 Å². The Labute approximate surface area is 199 Å². The van der Waals surface area contributed by atoms with E-state index in [1.54, 1.807) is 12.1 Å². The molecule has 1 fully saturated rings. The Morgan fingerprint density at radius 3 is 2.64 bits per heavy atom. The van der Waals surface area contributed by atoms with Gasteiger partial charge in [0.1, 0.15) is 12.1 Å². The van der Waals surface area contributed by atoms with E-state index in [-0.39, 0.29) is 30.0 Å². The molecule has 2 aromatic rings. The minimum atomic E-state index is -4.26. The molecule has 0 radical (unpaired) electrons. The number of ether oxygens (including phenoxy) is 1. The van der Waals surface area contributed by atoms with E-state index in [2.05, 4.69) is 14.8 Å². The number of hydrogen-bond acceptors (Lipinski definition) is 8. The Balaban J connectivity index is 1.81. The molecule has 33 heavy (non-hydrogen) atoms. The number of sulfonamides is 1. The van der Waals surface area contributed by atoms with Gasteiger partial charge in [-0.15, -0.1) is 11.3 Å². The first-order valence-corrected chi connectivity index (χ1v) is 12.5. The van der Waals surface area contributed by atoms with Gasteiger partial charge in [0.05, 0.1) is 21.2 Å². The molecular formula is C20H22ClN3O7S2. The van der Waals surface area contributed by atoms with Crippen LogP contribution in [0, 0.1) is 6.92 Å². The smallest absolute Gasteiger partial charge is 0.325 e. The summed E-state index contributed by atoms with van der Waals surface area (Å²) in [5, 5.41) is 12.2. The van der Waals surface area contributed by atoms with Crippen LogP contribution in [0.1, 0.15) is 21.7 Å². The Kier molecular flexibility index (Phi) is 7.75. The highest BCUT2D eigenvalue weighted by atomic mass is 35.5. The van der Waals surface area contributed by atoms with E-state index in [4.69, 9.17) is 11.6 Å². The first kappa shape index (κ1) is 25.1. The number of thiophene rings is 1. The number of nitrogens with one attached hydrogen (secondary N) is 2. The van der Waals surface area contributed by atoms with E-state index in [0.717, 1.165) is 18.4 Å². The molecular weight excluding hydrogens is 494 g/mol. The number of carbonyl (C=O) groups excluding carboxylic acids is 3. The molecule has 178 valence electrons. The Bertz CT molecular complexity index is 1180. The summed E-state index contributed by atoms with van der Waals surface area (Å²) >= 11 is 6.86. The molecule has 2 atom stereocenters. The maximum absolute atomic E-state index is 13.1. The van der Waals surface area contributed by atoms with Crippen molar-refractivity contribution < 1.29 is 32.6 Å². The zero-order valence-electron chi connectivity index (χ0n) is 17.7. The first-order valence-electron chi connectivity index (χ1n) is 9.78. The topological polar surface area (TPSA) is 142 Å². The van der Waals surface area contributed by atoms with Gasteiger partial charge in [-0.1, -0.05) is 17.7 Å². The van der Waals surface area contributed by atoms with Crippen LogP contribution in [0.2, 0.25) is 4.34 Å². The number of hydrogen-bond donors (Lipinski definition) is 3. The molecule has 1 aliphatic rings. The average molecular weight is 516 g/mol. The van der Waals surface area contributed by atoms with Crippen LogP contribution in [0.3, 0.4) is 0 Å². The van der Waals surface area contributed by atoms with Crippen molar-refractivity contribution >= 4 is 56.4 Å². The molecule has 3 N–H and O–H groups in total. The quantitative estimate of drug-likeness (QED) is 0.446. The first-order chi connectivity index (χ1) is 15.5. The zero-order chi connectivity index (χ0) is 24.3. The van der Waals surface area contributed by atoms with E-state index in [9.17, 15) is 27.9 Å². The SMILES string of the molecule is COC(=O)[C@H](CNC(=O)c1ccc(Cl)s1)NS(=O)(=O)c1cccc(N2CC[C@H](O)C2=O)c1C. The van der Waals surface area contributed by atoms with E-state index in [0.29, 0.717) is 14.9 Å². The maximum atomic E-state index is 13.1. The van der Waals surface area contributed by atoms with Gasteiger partial charge in [0.15, 0.2) is 0 Å². The highest BCUT2D eigenvalue weighted by Gasteiger charge is 2.34. The fourth-order valence-electron chi connectivity index (χ4n) is 3.37. The second-order valence-corrected chi connectivity index (χ2v) is 10.6. The molecule has 2 amide bonds. The van der Waals surface area contributed by atoms with Gasteiger partial charge in [-0.25, -0.2) is 8.42 Å². The third kappa shape index (κ3) is 5.53. The number of anilines is 1. The van der Waals surface area contributed by atoms with E-state index in [1.165, 1.54) is 30.0 Å². The molecule has 0 bridgehead atoms. The number of benzene rings is 1. The number of methoxy groups -OCH3 is 1. The van der Waals surface area contributed by atoms with E-state index in [1.807, 2.05) is 0 Å². The standard InChI is InChI=1S/C20H22ClN3O7S2/c1-11-13(24-9-8-14(25)19(24)27)4-3-5-16(11)33(29,30)23-12(20(28)31-2)10-22-18(26)15-6-7-17(21)32-15/h3-7,12,14,23,25H,8-10H2,1-2H3,(H,22,26)/t12-,14-/m0/s1. The molecule has 0 unspecified atom stereocenters. The lowest BCUT2D eigenvalue weighted by atomic mass is 10.2. The van der Waals surface area contributed by atoms with Gasteiger partial charge in [0.2, 0.25) is 10.0 Å². The zero-order valence-corrected chi connectivity index (χ0v) is 20.1. The summed E-state index contributed by atoms with van der Waals surface area (Å²) in [7, 11) is -3.16. The van der Waals surface area contributed by atoms with Gasteiger partial charge in [-0.3, -0.25) is 14.4 Å². The van der Waals surface area contributed by atoms with Gasteiger partial charge >= 0.3 is 5.97 Å². The van der Waals surface area contributed by atoms with Gasteiger partial charge < -0.3 is 20.1 Å². The predicted octanol–water partition coefficient (Wildman–Crippen LogP) is 1.06. The lowest BCUT2D eigenvalue weighted by molar-refractivity contribution is -0.142. The van der Waals surface area contributed by atoms with Crippen LogP contribution in [-0.2, 0) is 24.3 Å². The monoisotopic (exact) mass is 515 g/mol. The lowest BCUT2D eigenvalue weighted by Gasteiger charge is -2.22. The Morgan fingerprint density at radius 1 is 1.33 bits per heavy atom. The molecule has 3 rings (SSSR count). The minimum Gasteiger partial charge on any atom is -0.468 e. The van der Waals surface area contributed by atoms with Crippen LogP contribution in [0.25, 0.3) is 0 Å². The molecule has 0 spiro atoms. The fourth-order valence-corrected chi connectivity index (χ4v) is 5.78. The van der Waals surface area contributed by atoms with Crippen molar-refractivity contribution in [2.75, 3.05) is 25.1 Å². The highest BCUT2D eigenvalue weighted by Crippen LogP contribution is 2.29. The third-order valence-electron chi connectivity index (χ3n) is 5.06. The second-order valence-electron chi connectivity index (χ2n) is 7.21. The van der Waals surface area contributed by atoms with Crippen molar-refractivity contribution in [2.45, 2.75) is 30.4 Å². The summed E-state index contributed by atoms with van der Waals surface area (Å²) in [5.74, 6) is -1.93. The molecule has 10 nitrogen and oxygen atoms in total. The Morgan fingerprint density at radius 2 is 2.06 bits per heavy atom. The Hall–Kier alpha value is -2.51. The summed E-state index contributed by atoms with van der Waals surface area (Å²) in [6.45, 7) is 1.41. The average Bonchev–Trinajstić information content (AvgIpc) is 3.36. The maximum Gasteiger partial charge on any atom is 0.325 e. The third-order valence-corrected chi connectivity index (χ3v) is 7.91. The summed E-state index contributed by atoms with van der Waals surface area (Å²) < 4.78 is 33.6. The number of rotatable bonds is 8. The largest absolute Gasteiger partial charge is 0.468 e. The van der Waals surface area contributed by atoms with Crippen LogP contribution >= 0.6 is 22.9 Å². The van der Waals surface area contributed by atoms with Crippen molar-refractivity contribution in [3.05, 3.63) is 45.1 Å². The summed E-state index contributed by atoms with van der Waals surface area (Å²) in [4.78, 5) is 38.1. The van der Waals surface area contributed by atoms with Gasteiger partial charge in [0, 0.05) is 25.2 Å². The molecule has 1 aromatic carbocycles. The normalized spacial score (nSPS) is 17.2. The summed E-state index contributed by atoms with van der Waals surface area (Å²) in [5.41, 5.74) is 0.616. The molecule has 0 saturated carbocycles. The highest BCUT2D eigenvalue weighted by molar-refractivity contribution is 7.89. The minimum absolute atomic E-state index is 0.153. The number of amides is 2. The molecule has 1 aromatic heterocycles. The van der Waals surface area contributed by atoms with Crippen molar-refractivity contribution in [2.24, 2.45) is 0 Å². The second kappa shape index (κ2) is 10.2. The van der Waals surface area contributed by atoms with Crippen LogP contribution in [0.4, 0.5) is 5.69 Å². The number of carbonyl (C=O) groups is 3. The number of halogens is 1. The van der Waals surface area contributed by atoms with Crippen LogP contribution in [0.5, 0.6) is 0 Å². The number of aliphatic hydroxyl groups is 1. The van der Waals surface area contributed by atoms with Gasteiger partial charge in [-0.05, 0) is 36.8 Å². The van der Waals surface area contributed by atoms with Crippen molar-refractivity contribution in [1.82, 2.24) is 10.0 Å². The summed E-state index contributed by atoms with van der Waals surface area (Å²) in [6.07, 6.45) is -0.888. The lowest BCUT2D eigenvalue weighted by Crippen LogP contribution is -2.48. The van der Waals surface area contributed by atoms with Crippen molar-refractivity contribution in [1.29, 1.82) is 0 Å². The molecule has 0 aliphatic carbocycles. The number of aliphatic hydroxyl groups excluding tert-OH is 1. The molecule has 2 heterocycles. The summed E-state index contributed by atoms with van der Waals surface area (Å²) in [6, 6.07) is 6.02.